The van der Waals surface area contributed by atoms with Gasteiger partial charge in [0.25, 0.3) is 10.2 Å². The van der Waals surface area contributed by atoms with E-state index in [9.17, 15) is 13.2 Å². The minimum atomic E-state index is -3.38. The molecule has 24 heavy (non-hydrogen) atoms. The second kappa shape index (κ2) is 7.21. The number of aromatic carboxylic acids is 1. The van der Waals surface area contributed by atoms with Crippen molar-refractivity contribution >= 4 is 16.2 Å². The van der Waals surface area contributed by atoms with Crippen LogP contribution in [0, 0.1) is 0 Å². The topological polar surface area (TPSA) is 77.9 Å². The van der Waals surface area contributed by atoms with Crippen LogP contribution in [0.15, 0.2) is 24.3 Å². The molecule has 2 aliphatic rings. The largest absolute Gasteiger partial charge is 0.478 e. The van der Waals surface area contributed by atoms with Gasteiger partial charge in [0.05, 0.1) is 5.56 Å². The number of carbonyl (C=O) groups is 1. The lowest BCUT2D eigenvalue weighted by Gasteiger charge is -2.37. The minimum absolute atomic E-state index is 0.126. The van der Waals surface area contributed by atoms with Crippen LogP contribution < -0.4 is 0 Å². The molecule has 2 heterocycles. The van der Waals surface area contributed by atoms with Gasteiger partial charge in [0.15, 0.2) is 0 Å². The summed E-state index contributed by atoms with van der Waals surface area (Å²) in [6, 6.07) is 6.81. The quantitative estimate of drug-likeness (QED) is 0.902. The van der Waals surface area contributed by atoms with Crippen LogP contribution in [-0.2, 0) is 10.2 Å². The molecule has 7 heteroatoms. The average molecular weight is 352 g/mol. The third-order valence-corrected chi connectivity index (χ3v) is 6.98. The minimum Gasteiger partial charge on any atom is -0.478 e. The van der Waals surface area contributed by atoms with E-state index < -0.39 is 16.2 Å². The highest BCUT2D eigenvalue weighted by Crippen LogP contribution is 2.30. The van der Waals surface area contributed by atoms with Gasteiger partial charge in [0, 0.05) is 26.2 Å². The molecule has 1 aromatic rings. The molecule has 132 valence electrons. The Labute approximate surface area is 143 Å². The van der Waals surface area contributed by atoms with Crippen LogP contribution in [0.2, 0.25) is 0 Å². The maximum absolute atomic E-state index is 12.8. The molecule has 0 spiro atoms. The van der Waals surface area contributed by atoms with Crippen molar-refractivity contribution in [2.45, 2.75) is 38.0 Å². The van der Waals surface area contributed by atoms with Crippen molar-refractivity contribution in [2.75, 3.05) is 26.2 Å². The third-order valence-electron chi connectivity index (χ3n) is 4.98. The molecule has 0 bridgehead atoms. The molecule has 1 atom stereocenters. The van der Waals surface area contributed by atoms with Crippen LogP contribution in [0.1, 0.15) is 53.9 Å². The Kier molecular flexibility index (Phi) is 5.22. The SMILES string of the molecule is O=C(O)c1ccc([C@H]2CCCN(S(=O)(=O)N3CCCCC3)C2)cc1. The third kappa shape index (κ3) is 3.63. The molecule has 0 amide bonds. The molecule has 1 N–H and O–H groups in total. The fourth-order valence-corrected chi connectivity index (χ4v) is 5.36. The number of rotatable bonds is 4. The Bertz CT molecular complexity index is 681. The number of hydrogen-bond donors (Lipinski definition) is 1. The molecule has 3 rings (SSSR count). The number of nitrogens with zero attached hydrogens (tertiary/aromatic N) is 2. The van der Waals surface area contributed by atoms with E-state index in [1.165, 1.54) is 0 Å². The Morgan fingerprint density at radius 2 is 1.58 bits per heavy atom. The fraction of sp³-hybridized carbons (Fsp3) is 0.588. The number of benzene rings is 1. The summed E-state index contributed by atoms with van der Waals surface area (Å²) in [5.74, 6) is -0.819. The lowest BCUT2D eigenvalue weighted by molar-refractivity contribution is 0.0697. The number of hydrogen-bond acceptors (Lipinski definition) is 3. The Morgan fingerprint density at radius 3 is 2.21 bits per heavy atom. The van der Waals surface area contributed by atoms with E-state index in [0.29, 0.717) is 26.2 Å². The van der Waals surface area contributed by atoms with Gasteiger partial charge < -0.3 is 5.11 Å². The van der Waals surface area contributed by atoms with Gasteiger partial charge in [-0.15, -0.1) is 0 Å². The van der Waals surface area contributed by atoms with Crippen LogP contribution in [0.5, 0.6) is 0 Å². The molecule has 2 saturated heterocycles. The molecule has 0 saturated carbocycles. The first-order chi connectivity index (χ1) is 11.5. The Morgan fingerprint density at radius 1 is 0.958 bits per heavy atom. The van der Waals surface area contributed by atoms with Crippen molar-refractivity contribution in [3.8, 4) is 0 Å². The van der Waals surface area contributed by atoms with E-state index in [1.807, 2.05) is 12.1 Å². The van der Waals surface area contributed by atoms with Crippen molar-refractivity contribution in [1.82, 2.24) is 8.61 Å². The molecule has 0 aromatic heterocycles. The lowest BCUT2D eigenvalue weighted by Crippen LogP contribution is -2.49. The van der Waals surface area contributed by atoms with E-state index in [0.717, 1.165) is 37.7 Å². The van der Waals surface area contributed by atoms with E-state index >= 15 is 0 Å². The molecule has 0 unspecified atom stereocenters. The zero-order chi connectivity index (χ0) is 17.2. The average Bonchev–Trinajstić information content (AvgIpc) is 2.62. The molecule has 0 aliphatic carbocycles. The number of carboxylic acids is 1. The van der Waals surface area contributed by atoms with Gasteiger partial charge in [-0.2, -0.15) is 17.0 Å². The Balaban J connectivity index is 1.72. The van der Waals surface area contributed by atoms with Crippen LogP contribution in [0.25, 0.3) is 0 Å². The smallest absolute Gasteiger partial charge is 0.335 e. The molecule has 0 radical (unpaired) electrons. The summed E-state index contributed by atoms with van der Waals surface area (Å²) in [7, 11) is -3.38. The highest BCUT2D eigenvalue weighted by atomic mass is 32.2. The summed E-state index contributed by atoms with van der Waals surface area (Å²) >= 11 is 0. The van der Waals surface area contributed by atoms with Crippen molar-refractivity contribution < 1.29 is 18.3 Å². The van der Waals surface area contributed by atoms with E-state index in [4.69, 9.17) is 5.11 Å². The van der Waals surface area contributed by atoms with Gasteiger partial charge >= 0.3 is 5.97 Å². The molecule has 2 aliphatic heterocycles. The zero-order valence-corrected chi connectivity index (χ0v) is 14.5. The fourth-order valence-electron chi connectivity index (χ4n) is 3.58. The second-order valence-corrected chi connectivity index (χ2v) is 8.52. The van der Waals surface area contributed by atoms with Gasteiger partial charge in [-0.25, -0.2) is 4.79 Å². The van der Waals surface area contributed by atoms with E-state index in [2.05, 4.69) is 0 Å². The summed E-state index contributed by atoms with van der Waals surface area (Å²) in [5.41, 5.74) is 1.27. The molecular formula is C17H24N2O4S. The predicted octanol–water partition coefficient (Wildman–Crippen LogP) is 2.29. The summed E-state index contributed by atoms with van der Waals surface area (Å²) < 4.78 is 28.9. The summed E-state index contributed by atoms with van der Waals surface area (Å²) in [6.07, 6.45) is 4.74. The lowest BCUT2D eigenvalue weighted by atomic mass is 9.91. The van der Waals surface area contributed by atoms with Crippen molar-refractivity contribution in [1.29, 1.82) is 0 Å². The number of carboxylic acid groups (broad SMARTS) is 1. The van der Waals surface area contributed by atoms with E-state index in [-0.39, 0.29) is 11.5 Å². The molecule has 6 nitrogen and oxygen atoms in total. The number of piperidine rings is 2. The summed E-state index contributed by atoms with van der Waals surface area (Å²) in [6.45, 7) is 2.29. The van der Waals surface area contributed by atoms with Gasteiger partial charge in [0.2, 0.25) is 0 Å². The standard InChI is InChI=1S/C17H24N2O4S/c20-17(21)15-8-6-14(7-9-15)16-5-4-12-19(13-16)24(22,23)18-10-2-1-3-11-18/h6-9,16H,1-5,10-13H2,(H,20,21)/t16-/m0/s1. The first-order valence-electron chi connectivity index (χ1n) is 8.57. The van der Waals surface area contributed by atoms with Gasteiger partial charge in [-0.05, 0) is 49.3 Å². The molecule has 2 fully saturated rings. The van der Waals surface area contributed by atoms with Crippen molar-refractivity contribution in [3.05, 3.63) is 35.4 Å². The summed E-state index contributed by atoms with van der Waals surface area (Å²) in [5, 5.41) is 8.99. The maximum atomic E-state index is 12.8. The first-order valence-corrected chi connectivity index (χ1v) is 9.96. The molecular weight excluding hydrogens is 328 g/mol. The van der Waals surface area contributed by atoms with Gasteiger partial charge in [-0.3, -0.25) is 0 Å². The monoisotopic (exact) mass is 352 g/mol. The normalized spacial score (nSPS) is 23.9. The molecule has 1 aromatic carbocycles. The zero-order valence-electron chi connectivity index (χ0n) is 13.7. The van der Waals surface area contributed by atoms with Gasteiger partial charge in [0.1, 0.15) is 0 Å². The predicted molar refractivity (Wildman–Crippen MR) is 91.3 cm³/mol. The highest BCUT2D eigenvalue weighted by molar-refractivity contribution is 7.86. The maximum Gasteiger partial charge on any atom is 0.335 e. The first kappa shape index (κ1) is 17.4. The van der Waals surface area contributed by atoms with Crippen LogP contribution >= 0.6 is 0 Å². The highest BCUT2D eigenvalue weighted by Gasteiger charge is 2.34. The Hall–Kier alpha value is -1.44. The van der Waals surface area contributed by atoms with E-state index in [1.54, 1.807) is 20.7 Å². The second-order valence-electron chi connectivity index (χ2n) is 6.59. The van der Waals surface area contributed by atoms with Crippen LogP contribution in [0.4, 0.5) is 0 Å². The van der Waals surface area contributed by atoms with Crippen LogP contribution in [0.3, 0.4) is 0 Å². The van der Waals surface area contributed by atoms with Gasteiger partial charge in [-0.1, -0.05) is 18.6 Å². The van der Waals surface area contributed by atoms with Crippen LogP contribution in [-0.4, -0.2) is 54.3 Å². The van der Waals surface area contributed by atoms with Crippen molar-refractivity contribution in [3.63, 3.8) is 0 Å². The van der Waals surface area contributed by atoms with Crippen molar-refractivity contribution in [2.24, 2.45) is 0 Å². The summed E-state index contributed by atoms with van der Waals surface area (Å²) in [4.78, 5) is 11.0.